The van der Waals surface area contributed by atoms with Gasteiger partial charge < -0.3 is 31.9 Å². The highest BCUT2D eigenvalue weighted by Crippen LogP contribution is 2.09. The maximum Gasteiger partial charge on any atom is 0.219 e. The van der Waals surface area contributed by atoms with Crippen LogP contribution in [0, 0.1) is 0 Å². The van der Waals surface area contributed by atoms with Crippen molar-refractivity contribution in [2.45, 2.75) is 279 Å². The minimum Gasteiger partial charge on any atom is -0.356 e. The third-order valence-electron chi connectivity index (χ3n) is 12.0. The zero-order chi connectivity index (χ0) is 52.2. The third-order valence-corrected chi connectivity index (χ3v) is 12.0. The smallest absolute Gasteiger partial charge is 0.219 e. The maximum atomic E-state index is 11.7. The van der Waals surface area contributed by atoms with E-state index in [0.29, 0.717) is 49.5 Å². The number of Topliss-reactive ketones (excluding diaryl/α,β-unsaturated/α-hetero) is 3. The Morgan fingerprint density at radius 3 is 0.671 bits per heavy atom. The molecule has 0 aliphatic rings. The maximum absolute atomic E-state index is 11.7. The molecule has 0 radical (unpaired) electrons. The lowest BCUT2D eigenvalue weighted by molar-refractivity contribution is -0.122. The fourth-order valence-corrected chi connectivity index (χ4v) is 7.78. The summed E-state index contributed by atoms with van der Waals surface area (Å²) >= 11 is 0. The van der Waals surface area contributed by atoms with E-state index in [1.807, 2.05) is 20.8 Å². The highest BCUT2D eigenvalue weighted by molar-refractivity contribution is 5.79. The van der Waals surface area contributed by atoms with Gasteiger partial charge in [0.05, 0.1) is 0 Å². The SMILES string of the molecule is CCCNCCCCCC(=O)NCCCCCCC(=O)CCC.CCCNCCCCCCC(=O)NCCCCCC(=O)CCC.CCCNCCCCCCC(=O)NCCCCCCC(=O)CCC. The van der Waals surface area contributed by atoms with E-state index in [1.165, 1.54) is 44.9 Å². The molecule has 0 aliphatic carbocycles. The van der Waals surface area contributed by atoms with Crippen molar-refractivity contribution < 1.29 is 28.8 Å². The van der Waals surface area contributed by atoms with E-state index in [1.54, 1.807) is 0 Å². The summed E-state index contributed by atoms with van der Waals surface area (Å²) in [4.78, 5) is 69.1. The first-order chi connectivity index (χ1) is 34.1. The minimum atomic E-state index is 0.177. The summed E-state index contributed by atoms with van der Waals surface area (Å²) in [7, 11) is 0. The van der Waals surface area contributed by atoms with E-state index < -0.39 is 0 Å². The second-order valence-electron chi connectivity index (χ2n) is 19.4. The van der Waals surface area contributed by atoms with Crippen LogP contribution >= 0.6 is 0 Å². The summed E-state index contributed by atoms with van der Waals surface area (Å²) in [6.07, 6.45) is 36.5. The first-order valence-electron chi connectivity index (χ1n) is 29.6. The van der Waals surface area contributed by atoms with E-state index in [0.717, 1.165) is 219 Å². The van der Waals surface area contributed by atoms with Crippen LogP contribution in [-0.2, 0) is 28.8 Å². The van der Waals surface area contributed by atoms with Gasteiger partial charge in [-0.05, 0) is 155 Å². The van der Waals surface area contributed by atoms with Crippen LogP contribution in [-0.4, -0.2) is 94.0 Å². The molecular weight excluding hydrogens is 877 g/mol. The van der Waals surface area contributed by atoms with Crippen LogP contribution in [0.25, 0.3) is 0 Å². The Morgan fingerprint density at radius 1 is 0.214 bits per heavy atom. The summed E-state index contributed by atoms with van der Waals surface area (Å²) in [5.74, 6) is 1.72. The molecule has 0 aromatic carbocycles. The lowest BCUT2D eigenvalue weighted by atomic mass is 10.1. The molecular formula is C58H116N6O6. The number of nitrogens with one attached hydrogen (secondary N) is 6. The Labute approximate surface area is 432 Å². The average molecular weight is 994 g/mol. The fourth-order valence-electron chi connectivity index (χ4n) is 7.78. The van der Waals surface area contributed by atoms with Gasteiger partial charge in [-0.15, -0.1) is 0 Å². The van der Waals surface area contributed by atoms with Crippen LogP contribution in [0.3, 0.4) is 0 Å². The van der Waals surface area contributed by atoms with Crippen molar-refractivity contribution in [2.24, 2.45) is 0 Å². The number of hydrogen-bond donors (Lipinski definition) is 6. The van der Waals surface area contributed by atoms with Crippen LogP contribution in [0.15, 0.2) is 0 Å². The molecule has 70 heavy (non-hydrogen) atoms. The van der Waals surface area contributed by atoms with Gasteiger partial charge in [0.1, 0.15) is 17.3 Å². The molecule has 0 rings (SSSR count). The quantitative estimate of drug-likeness (QED) is 0.0324. The summed E-state index contributed by atoms with van der Waals surface area (Å²) in [6.45, 7) is 21.5. The molecule has 0 saturated carbocycles. The number of amides is 3. The zero-order valence-electron chi connectivity index (χ0n) is 47.0. The van der Waals surface area contributed by atoms with Gasteiger partial charge in [-0.2, -0.15) is 0 Å². The molecule has 12 heteroatoms. The number of carbonyl (C=O) groups excluding carboxylic acids is 6. The number of rotatable bonds is 52. The molecule has 6 N–H and O–H groups in total. The fraction of sp³-hybridized carbons (Fsp3) is 0.897. The summed E-state index contributed by atoms with van der Waals surface area (Å²) in [5, 5.41) is 19.1. The molecule has 0 aromatic rings. The average Bonchev–Trinajstić information content (AvgIpc) is 3.34. The highest BCUT2D eigenvalue weighted by Gasteiger charge is 2.05. The third kappa shape index (κ3) is 65.3. The van der Waals surface area contributed by atoms with Gasteiger partial charge >= 0.3 is 0 Å². The Bertz CT molecular complexity index is 1170. The van der Waals surface area contributed by atoms with E-state index in [2.05, 4.69) is 52.7 Å². The molecule has 0 saturated heterocycles. The van der Waals surface area contributed by atoms with Gasteiger partial charge in [-0.3, -0.25) is 28.8 Å². The number of ketones is 3. The molecule has 0 unspecified atom stereocenters. The van der Waals surface area contributed by atoms with Crippen molar-refractivity contribution in [2.75, 3.05) is 58.9 Å². The Morgan fingerprint density at radius 2 is 0.429 bits per heavy atom. The van der Waals surface area contributed by atoms with E-state index in [4.69, 9.17) is 0 Å². The highest BCUT2D eigenvalue weighted by atomic mass is 16.2. The van der Waals surface area contributed by atoms with E-state index in [9.17, 15) is 28.8 Å². The van der Waals surface area contributed by atoms with Crippen molar-refractivity contribution in [3.05, 3.63) is 0 Å². The van der Waals surface area contributed by atoms with Crippen LogP contribution in [0.4, 0.5) is 0 Å². The normalized spacial score (nSPS) is 10.7. The molecule has 12 nitrogen and oxygen atoms in total. The van der Waals surface area contributed by atoms with Gasteiger partial charge in [0.2, 0.25) is 17.7 Å². The van der Waals surface area contributed by atoms with Gasteiger partial charge in [0.15, 0.2) is 0 Å². The molecule has 0 aromatic heterocycles. The Hall–Kier alpha value is -2.70. The second-order valence-corrected chi connectivity index (χ2v) is 19.4. The molecule has 0 heterocycles. The monoisotopic (exact) mass is 993 g/mol. The predicted octanol–water partition coefficient (Wildman–Crippen LogP) is 12.3. The van der Waals surface area contributed by atoms with Gasteiger partial charge in [0.25, 0.3) is 0 Å². The summed E-state index contributed by atoms with van der Waals surface area (Å²) in [5.41, 5.74) is 0. The lowest BCUT2D eigenvalue weighted by Gasteiger charge is -2.06. The Balaban J connectivity index is -0.000000962. The van der Waals surface area contributed by atoms with Crippen LogP contribution in [0.1, 0.15) is 279 Å². The van der Waals surface area contributed by atoms with Gasteiger partial charge in [-0.25, -0.2) is 0 Å². The van der Waals surface area contributed by atoms with Crippen LogP contribution in [0.2, 0.25) is 0 Å². The first kappa shape index (κ1) is 71.6. The van der Waals surface area contributed by atoms with E-state index >= 15 is 0 Å². The molecule has 0 bridgehead atoms. The molecule has 0 fully saturated rings. The summed E-state index contributed by atoms with van der Waals surface area (Å²) in [6, 6.07) is 0. The zero-order valence-corrected chi connectivity index (χ0v) is 47.0. The molecule has 0 aliphatic heterocycles. The molecule has 0 atom stereocenters. The van der Waals surface area contributed by atoms with Crippen molar-refractivity contribution in [3.63, 3.8) is 0 Å². The van der Waals surface area contributed by atoms with Crippen LogP contribution in [0.5, 0.6) is 0 Å². The second kappa shape index (κ2) is 62.4. The molecule has 414 valence electrons. The van der Waals surface area contributed by atoms with Crippen molar-refractivity contribution in [1.82, 2.24) is 31.9 Å². The topological polar surface area (TPSA) is 175 Å². The standard InChI is InChI=1S/C20H40N2O2.2C19H38N2O2/c1-3-13-19(23)14-9-5-8-12-18-22-20(24)15-10-6-7-11-17-21-16-4-2;1-3-12-18(22)13-8-7-11-17-21-19(23)14-9-5-6-10-16-20-15-4-2;1-3-12-18(22)13-8-5-6-11-17-21-19(23)14-9-7-10-16-20-15-4-2/h21H,3-18H2,1-2H3,(H,22,24);2*20H,3-17H2,1-2H3,(H,21,23). The summed E-state index contributed by atoms with van der Waals surface area (Å²) < 4.78 is 0. The lowest BCUT2D eigenvalue weighted by Crippen LogP contribution is -2.24. The number of unbranched alkanes of at least 4 members (excludes halogenated alkanes) is 16. The van der Waals surface area contributed by atoms with Crippen molar-refractivity contribution >= 4 is 35.1 Å². The number of carbonyl (C=O) groups is 6. The first-order valence-corrected chi connectivity index (χ1v) is 29.6. The van der Waals surface area contributed by atoms with Crippen molar-refractivity contribution in [3.8, 4) is 0 Å². The van der Waals surface area contributed by atoms with Gasteiger partial charge in [0, 0.05) is 77.4 Å². The van der Waals surface area contributed by atoms with Crippen molar-refractivity contribution in [1.29, 1.82) is 0 Å². The largest absolute Gasteiger partial charge is 0.356 e. The molecule has 0 spiro atoms. The molecule has 3 amide bonds. The minimum absolute atomic E-state index is 0.177. The van der Waals surface area contributed by atoms with Crippen LogP contribution < -0.4 is 31.9 Å². The van der Waals surface area contributed by atoms with Gasteiger partial charge in [-0.1, -0.05) is 106 Å². The van der Waals surface area contributed by atoms with E-state index in [-0.39, 0.29) is 17.7 Å². The predicted molar refractivity (Wildman–Crippen MR) is 298 cm³/mol. The Kier molecular flexibility index (Phi) is 63.8. The number of hydrogen-bond acceptors (Lipinski definition) is 9.